The summed E-state index contributed by atoms with van der Waals surface area (Å²) in [5.41, 5.74) is 17.3. The summed E-state index contributed by atoms with van der Waals surface area (Å²) in [5.74, 6) is 1.52. The third-order valence-corrected chi connectivity index (χ3v) is 13.0. The van der Waals surface area contributed by atoms with Crippen molar-refractivity contribution in [1.29, 1.82) is 0 Å². The standard InChI is InChI=1S/C57H35N3/c1-3-17-36(18-4-1)37-31-33-39(34-32-37)56-58-49(38-19-5-2-6-20-38)35-51(59-56)60-50-30-16-12-26-45(50)53-43-24-8-7-23-42(43)52-44-25-11-15-29-48(44)57(54(52)55(53)60)46-27-13-9-21-40(46)41-22-10-14-28-47(41)57/h1-35H. The van der Waals surface area contributed by atoms with Crippen LogP contribution in [-0.2, 0) is 5.41 Å². The zero-order valence-electron chi connectivity index (χ0n) is 32.5. The highest BCUT2D eigenvalue weighted by Crippen LogP contribution is 2.66. The molecule has 2 aromatic heterocycles. The van der Waals surface area contributed by atoms with Gasteiger partial charge in [-0.3, -0.25) is 4.57 Å². The lowest BCUT2D eigenvalue weighted by atomic mass is 9.70. The summed E-state index contributed by atoms with van der Waals surface area (Å²) in [7, 11) is 0. The number of hydrogen-bond acceptors (Lipinski definition) is 2. The van der Waals surface area contributed by atoms with Gasteiger partial charge in [0.05, 0.1) is 22.1 Å². The van der Waals surface area contributed by atoms with E-state index in [1.165, 1.54) is 77.1 Å². The first-order valence-electron chi connectivity index (χ1n) is 20.7. The van der Waals surface area contributed by atoms with Gasteiger partial charge in [-0.05, 0) is 66.9 Å². The average Bonchev–Trinajstić information content (AvgIpc) is 3.95. The molecule has 0 radical (unpaired) electrons. The number of fused-ring (bicyclic) bond motifs is 17. The van der Waals surface area contributed by atoms with E-state index in [-0.39, 0.29) is 0 Å². The van der Waals surface area contributed by atoms with Gasteiger partial charge in [-0.15, -0.1) is 0 Å². The van der Waals surface area contributed by atoms with Crippen LogP contribution in [0.3, 0.4) is 0 Å². The molecule has 0 fully saturated rings. The summed E-state index contributed by atoms with van der Waals surface area (Å²) in [4.78, 5) is 10.9. The second-order valence-electron chi connectivity index (χ2n) is 16.0. The topological polar surface area (TPSA) is 30.7 Å². The van der Waals surface area contributed by atoms with Gasteiger partial charge in [0.1, 0.15) is 5.82 Å². The maximum atomic E-state index is 5.58. The van der Waals surface area contributed by atoms with Gasteiger partial charge >= 0.3 is 0 Å². The van der Waals surface area contributed by atoms with Crippen molar-refractivity contribution in [2.45, 2.75) is 5.41 Å². The predicted molar refractivity (Wildman–Crippen MR) is 246 cm³/mol. The van der Waals surface area contributed by atoms with Crippen molar-refractivity contribution in [3.05, 3.63) is 235 Å². The molecule has 2 aliphatic rings. The normalized spacial score (nSPS) is 13.1. The Balaban J connectivity index is 1.20. The number of aromatic nitrogens is 3. The molecule has 0 atom stereocenters. The van der Waals surface area contributed by atoms with Gasteiger partial charge < -0.3 is 0 Å². The van der Waals surface area contributed by atoms with Gasteiger partial charge in [-0.2, -0.15) is 0 Å². The van der Waals surface area contributed by atoms with Crippen LogP contribution in [-0.4, -0.2) is 14.5 Å². The minimum atomic E-state index is -0.571. The minimum Gasteiger partial charge on any atom is -0.293 e. The second-order valence-corrected chi connectivity index (χ2v) is 16.0. The Morgan fingerprint density at radius 3 is 1.57 bits per heavy atom. The fourth-order valence-electron chi connectivity index (χ4n) is 10.6. The molecular weight excluding hydrogens is 727 g/mol. The lowest BCUT2D eigenvalue weighted by Crippen LogP contribution is -2.26. The maximum Gasteiger partial charge on any atom is 0.162 e. The van der Waals surface area contributed by atoms with Gasteiger partial charge in [0.25, 0.3) is 0 Å². The van der Waals surface area contributed by atoms with Crippen LogP contribution >= 0.6 is 0 Å². The van der Waals surface area contributed by atoms with Crippen LogP contribution < -0.4 is 0 Å². The van der Waals surface area contributed by atoms with Crippen LogP contribution in [0.1, 0.15) is 22.3 Å². The minimum absolute atomic E-state index is 0.571. The molecule has 2 heterocycles. The van der Waals surface area contributed by atoms with Crippen molar-refractivity contribution >= 4 is 32.6 Å². The number of benzene rings is 9. The van der Waals surface area contributed by atoms with Crippen molar-refractivity contribution < 1.29 is 0 Å². The van der Waals surface area contributed by atoms with Gasteiger partial charge in [0.15, 0.2) is 5.82 Å². The number of nitrogens with zero attached hydrogens (tertiary/aromatic N) is 3. The molecule has 0 unspecified atom stereocenters. The quantitative estimate of drug-likeness (QED) is 0.179. The van der Waals surface area contributed by atoms with E-state index in [1.807, 2.05) is 0 Å². The number of para-hydroxylation sites is 1. The van der Waals surface area contributed by atoms with Crippen molar-refractivity contribution in [3.8, 4) is 61.8 Å². The van der Waals surface area contributed by atoms with Crippen LogP contribution in [0.25, 0.3) is 94.4 Å². The Labute approximate surface area is 347 Å². The monoisotopic (exact) mass is 761 g/mol. The van der Waals surface area contributed by atoms with E-state index in [1.54, 1.807) is 0 Å². The van der Waals surface area contributed by atoms with Crippen LogP contribution in [0.5, 0.6) is 0 Å². The van der Waals surface area contributed by atoms with Crippen molar-refractivity contribution in [1.82, 2.24) is 14.5 Å². The third kappa shape index (κ3) is 4.44. The fourth-order valence-corrected chi connectivity index (χ4v) is 10.6. The molecule has 3 nitrogen and oxygen atoms in total. The Morgan fingerprint density at radius 1 is 0.383 bits per heavy atom. The first-order valence-corrected chi connectivity index (χ1v) is 20.7. The average molecular weight is 762 g/mol. The molecule has 3 heteroatoms. The molecule has 13 rings (SSSR count). The first kappa shape index (κ1) is 33.1. The Hall–Kier alpha value is -7.88. The summed E-state index contributed by atoms with van der Waals surface area (Å²) < 4.78 is 2.46. The van der Waals surface area contributed by atoms with Crippen molar-refractivity contribution in [2.75, 3.05) is 0 Å². The van der Waals surface area contributed by atoms with E-state index in [2.05, 4.69) is 217 Å². The molecule has 0 saturated heterocycles. The van der Waals surface area contributed by atoms with Gasteiger partial charge in [0, 0.05) is 33.5 Å². The molecule has 278 valence electrons. The molecule has 0 saturated carbocycles. The second kappa shape index (κ2) is 12.6. The molecule has 9 aromatic carbocycles. The maximum absolute atomic E-state index is 5.58. The zero-order chi connectivity index (χ0) is 39.4. The Kier molecular flexibility index (Phi) is 6.93. The van der Waals surface area contributed by atoms with E-state index in [0.29, 0.717) is 5.82 Å². The summed E-state index contributed by atoms with van der Waals surface area (Å²) in [6.45, 7) is 0. The van der Waals surface area contributed by atoms with E-state index < -0.39 is 5.41 Å². The highest BCUT2D eigenvalue weighted by atomic mass is 15.1. The molecule has 1 spiro atoms. The predicted octanol–water partition coefficient (Wildman–Crippen LogP) is 14.1. The van der Waals surface area contributed by atoms with Crippen LogP contribution in [0, 0.1) is 0 Å². The van der Waals surface area contributed by atoms with E-state index in [4.69, 9.17) is 9.97 Å². The Morgan fingerprint density at radius 2 is 0.883 bits per heavy atom. The van der Waals surface area contributed by atoms with E-state index in [0.717, 1.165) is 33.7 Å². The van der Waals surface area contributed by atoms with Crippen LogP contribution in [0.2, 0.25) is 0 Å². The van der Waals surface area contributed by atoms with Crippen molar-refractivity contribution in [2.24, 2.45) is 0 Å². The summed E-state index contributed by atoms with van der Waals surface area (Å²) in [5, 5.41) is 4.94. The summed E-state index contributed by atoms with van der Waals surface area (Å²) in [6.07, 6.45) is 0. The SMILES string of the molecule is c1ccc(-c2ccc(-c3nc(-c4ccccc4)cc(-n4c5ccccc5c5c6ccccc6c6c(c54)C4(c5ccccc5-c5ccccc54)c4ccccc4-6)n3)cc2)cc1. The summed E-state index contributed by atoms with van der Waals surface area (Å²) >= 11 is 0. The van der Waals surface area contributed by atoms with Crippen LogP contribution in [0.4, 0.5) is 0 Å². The third-order valence-electron chi connectivity index (χ3n) is 13.0. The van der Waals surface area contributed by atoms with E-state index >= 15 is 0 Å². The lowest BCUT2D eigenvalue weighted by molar-refractivity contribution is 0.797. The molecular formula is C57H35N3. The lowest BCUT2D eigenvalue weighted by Gasteiger charge is -2.31. The highest BCUT2D eigenvalue weighted by molar-refractivity contribution is 6.27. The van der Waals surface area contributed by atoms with Crippen molar-refractivity contribution in [3.63, 3.8) is 0 Å². The van der Waals surface area contributed by atoms with Gasteiger partial charge in [-0.1, -0.05) is 200 Å². The van der Waals surface area contributed by atoms with Gasteiger partial charge in [-0.25, -0.2) is 9.97 Å². The molecule has 0 N–H and O–H groups in total. The fraction of sp³-hybridized carbons (Fsp3) is 0.0175. The molecule has 0 bridgehead atoms. The number of rotatable bonds is 4. The molecule has 2 aliphatic carbocycles. The molecule has 11 aromatic rings. The molecule has 0 aliphatic heterocycles. The van der Waals surface area contributed by atoms with Crippen LogP contribution in [0.15, 0.2) is 212 Å². The zero-order valence-corrected chi connectivity index (χ0v) is 32.5. The highest BCUT2D eigenvalue weighted by Gasteiger charge is 2.53. The first-order chi connectivity index (χ1) is 29.8. The smallest absolute Gasteiger partial charge is 0.162 e. The molecule has 0 amide bonds. The summed E-state index contributed by atoms with van der Waals surface area (Å²) in [6, 6.07) is 77.1. The Bertz CT molecular complexity index is 3480. The number of hydrogen-bond donors (Lipinski definition) is 0. The largest absolute Gasteiger partial charge is 0.293 e. The molecule has 60 heavy (non-hydrogen) atoms. The van der Waals surface area contributed by atoms with Gasteiger partial charge in [0.2, 0.25) is 0 Å². The van der Waals surface area contributed by atoms with E-state index in [9.17, 15) is 0 Å².